The van der Waals surface area contributed by atoms with Crippen molar-refractivity contribution in [2.75, 3.05) is 13.6 Å². The summed E-state index contributed by atoms with van der Waals surface area (Å²) in [5.41, 5.74) is 3.08. The summed E-state index contributed by atoms with van der Waals surface area (Å²) in [7, 11) is -2.47. The van der Waals surface area contributed by atoms with Gasteiger partial charge in [0.25, 0.3) is 5.91 Å². The third kappa shape index (κ3) is 5.67. The van der Waals surface area contributed by atoms with Gasteiger partial charge in [-0.05, 0) is 52.7 Å². The molecule has 0 radical (unpaired) electrons. The Labute approximate surface area is 198 Å². The van der Waals surface area contributed by atoms with Gasteiger partial charge in [-0.25, -0.2) is 13.8 Å². The van der Waals surface area contributed by atoms with Crippen molar-refractivity contribution in [3.05, 3.63) is 103 Å². The van der Waals surface area contributed by atoms with E-state index in [-0.39, 0.29) is 11.4 Å². The molecule has 4 aromatic rings. The highest BCUT2D eigenvalue weighted by Gasteiger charge is 2.23. The Morgan fingerprint density at radius 3 is 2.38 bits per heavy atom. The van der Waals surface area contributed by atoms with Crippen LogP contribution in [0.4, 0.5) is 0 Å². The van der Waals surface area contributed by atoms with Crippen LogP contribution in [-0.4, -0.2) is 38.4 Å². The molecule has 1 amide bonds. The first-order chi connectivity index (χ1) is 16.4. The van der Waals surface area contributed by atoms with Gasteiger partial charge in [-0.1, -0.05) is 60.7 Å². The molecule has 4 rings (SSSR count). The summed E-state index contributed by atoms with van der Waals surface area (Å²) in [6, 6.07) is 28.9. The first-order valence-corrected chi connectivity index (χ1v) is 12.0. The largest absolute Gasteiger partial charge is 0.457 e. The molecule has 0 bridgehead atoms. The number of likely N-dealkylation sites (N-methyl/N-ethyl adjacent to an activating group) is 1. The Balaban J connectivity index is 1.36. The van der Waals surface area contributed by atoms with Gasteiger partial charge < -0.3 is 4.74 Å². The molecule has 7 nitrogen and oxygen atoms in total. The number of amides is 1. The first kappa shape index (κ1) is 23.2. The molecule has 34 heavy (non-hydrogen) atoms. The van der Waals surface area contributed by atoms with Gasteiger partial charge in [0.05, 0.1) is 17.7 Å². The predicted molar refractivity (Wildman–Crippen MR) is 132 cm³/mol. The first-order valence-electron chi connectivity index (χ1n) is 10.5. The summed E-state index contributed by atoms with van der Waals surface area (Å²) < 4.78 is 32.6. The van der Waals surface area contributed by atoms with Crippen LogP contribution in [0.1, 0.15) is 5.56 Å². The van der Waals surface area contributed by atoms with E-state index in [0.29, 0.717) is 17.1 Å². The van der Waals surface area contributed by atoms with Crippen LogP contribution < -0.4 is 10.2 Å². The second-order valence-electron chi connectivity index (χ2n) is 7.55. The average Bonchev–Trinajstić information content (AvgIpc) is 2.84. The molecule has 0 fully saturated rings. The molecule has 0 saturated carbocycles. The highest BCUT2D eigenvalue weighted by atomic mass is 32.2. The quantitative estimate of drug-likeness (QED) is 0.303. The lowest BCUT2D eigenvalue weighted by molar-refractivity contribution is -0.121. The molecule has 0 aliphatic carbocycles. The van der Waals surface area contributed by atoms with Gasteiger partial charge in [0.2, 0.25) is 10.0 Å². The average molecular weight is 474 g/mol. The van der Waals surface area contributed by atoms with Crippen LogP contribution in [0.15, 0.2) is 107 Å². The number of hydrogen-bond acceptors (Lipinski definition) is 5. The maximum atomic E-state index is 12.9. The zero-order chi connectivity index (χ0) is 24.0. The Hall–Kier alpha value is -4.01. The minimum atomic E-state index is -3.83. The van der Waals surface area contributed by atoms with Crippen LogP contribution in [0.3, 0.4) is 0 Å². The minimum absolute atomic E-state index is 0.125. The molecule has 0 saturated heterocycles. The van der Waals surface area contributed by atoms with Crippen LogP contribution in [0.25, 0.3) is 10.8 Å². The zero-order valence-electron chi connectivity index (χ0n) is 18.5. The van der Waals surface area contributed by atoms with Gasteiger partial charge in [-0.3, -0.25) is 4.79 Å². The van der Waals surface area contributed by atoms with Gasteiger partial charge in [0.1, 0.15) is 11.5 Å². The maximum absolute atomic E-state index is 12.9. The normalized spacial score (nSPS) is 11.7. The number of hydrogen-bond donors (Lipinski definition) is 1. The van der Waals surface area contributed by atoms with E-state index < -0.39 is 15.9 Å². The Morgan fingerprint density at radius 2 is 1.59 bits per heavy atom. The Kier molecular flexibility index (Phi) is 7.01. The second-order valence-corrected chi connectivity index (χ2v) is 9.60. The van der Waals surface area contributed by atoms with Gasteiger partial charge in [0, 0.05) is 7.05 Å². The summed E-state index contributed by atoms with van der Waals surface area (Å²) in [5.74, 6) is 0.781. The summed E-state index contributed by atoms with van der Waals surface area (Å²) in [4.78, 5) is 12.4. The Bertz CT molecular complexity index is 1440. The highest BCUT2D eigenvalue weighted by Crippen LogP contribution is 2.22. The molecule has 0 aliphatic heterocycles. The molecule has 1 N–H and O–H groups in total. The molecular formula is C26H23N3O4S. The summed E-state index contributed by atoms with van der Waals surface area (Å²) >= 11 is 0. The SMILES string of the molecule is CN(CC(=O)NN=Cc1cccc(Oc2ccccc2)c1)S(=O)(=O)c1ccc2ccccc2c1. The lowest BCUT2D eigenvalue weighted by atomic mass is 10.1. The monoisotopic (exact) mass is 473 g/mol. The van der Waals surface area contributed by atoms with Crippen molar-refractivity contribution >= 4 is 32.9 Å². The van der Waals surface area contributed by atoms with E-state index in [4.69, 9.17) is 4.74 Å². The summed E-state index contributed by atoms with van der Waals surface area (Å²) in [6.45, 7) is -0.371. The third-order valence-electron chi connectivity index (χ3n) is 5.04. The Morgan fingerprint density at radius 1 is 0.882 bits per heavy atom. The summed E-state index contributed by atoms with van der Waals surface area (Å²) in [5, 5.41) is 5.69. The van der Waals surface area contributed by atoms with Gasteiger partial charge >= 0.3 is 0 Å². The van der Waals surface area contributed by atoms with E-state index in [1.807, 2.05) is 72.8 Å². The lowest BCUT2D eigenvalue weighted by Crippen LogP contribution is -2.36. The third-order valence-corrected chi connectivity index (χ3v) is 6.83. The zero-order valence-corrected chi connectivity index (χ0v) is 19.3. The number of carbonyl (C=O) groups excluding carboxylic acids is 1. The van der Waals surface area contributed by atoms with E-state index in [9.17, 15) is 13.2 Å². The smallest absolute Gasteiger partial charge is 0.255 e. The van der Waals surface area contributed by atoms with E-state index in [0.717, 1.165) is 15.1 Å². The molecular weight excluding hydrogens is 450 g/mol. The van der Waals surface area contributed by atoms with Crippen molar-refractivity contribution in [3.63, 3.8) is 0 Å². The van der Waals surface area contributed by atoms with Gasteiger partial charge in [-0.2, -0.15) is 9.41 Å². The molecule has 0 aromatic heterocycles. The summed E-state index contributed by atoms with van der Waals surface area (Å²) in [6.07, 6.45) is 1.47. The van der Waals surface area contributed by atoms with E-state index >= 15 is 0 Å². The topological polar surface area (TPSA) is 88.1 Å². The van der Waals surface area contributed by atoms with Crippen molar-refractivity contribution in [2.24, 2.45) is 5.10 Å². The number of benzene rings is 4. The van der Waals surface area contributed by atoms with E-state index in [1.54, 1.807) is 18.2 Å². The maximum Gasteiger partial charge on any atom is 0.255 e. The number of nitrogens with one attached hydrogen (secondary N) is 1. The molecule has 4 aromatic carbocycles. The van der Waals surface area contributed by atoms with Gasteiger partial charge in [0.15, 0.2) is 0 Å². The fraction of sp³-hybridized carbons (Fsp3) is 0.0769. The van der Waals surface area contributed by atoms with Crippen LogP contribution in [-0.2, 0) is 14.8 Å². The molecule has 0 heterocycles. The molecule has 0 atom stereocenters. The number of para-hydroxylation sites is 1. The predicted octanol–water partition coefficient (Wildman–Crippen LogP) is 4.40. The molecule has 172 valence electrons. The molecule has 0 spiro atoms. The van der Waals surface area contributed by atoms with E-state index in [2.05, 4.69) is 10.5 Å². The number of fused-ring (bicyclic) bond motifs is 1. The van der Waals surface area contributed by atoms with Crippen LogP contribution >= 0.6 is 0 Å². The standard InChI is InChI=1S/C26H23N3O4S/c1-29(34(31,32)25-15-14-21-9-5-6-10-22(21)17-25)19-26(30)28-27-18-20-8-7-13-24(16-20)33-23-11-3-2-4-12-23/h2-18H,19H2,1H3,(H,28,30). The van der Waals surface area contributed by atoms with Crippen molar-refractivity contribution in [1.82, 2.24) is 9.73 Å². The molecule has 0 unspecified atom stereocenters. The van der Waals surface area contributed by atoms with Crippen molar-refractivity contribution < 1.29 is 17.9 Å². The molecule has 0 aliphatic rings. The number of nitrogens with zero attached hydrogens (tertiary/aromatic N) is 2. The number of sulfonamides is 1. The van der Waals surface area contributed by atoms with Crippen LogP contribution in [0.2, 0.25) is 0 Å². The number of ether oxygens (including phenoxy) is 1. The van der Waals surface area contributed by atoms with Crippen molar-refractivity contribution in [1.29, 1.82) is 0 Å². The van der Waals surface area contributed by atoms with Crippen LogP contribution in [0, 0.1) is 0 Å². The minimum Gasteiger partial charge on any atom is -0.457 e. The lowest BCUT2D eigenvalue weighted by Gasteiger charge is -2.16. The van der Waals surface area contributed by atoms with Crippen molar-refractivity contribution in [3.8, 4) is 11.5 Å². The highest BCUT2D eigenvalue weighted by molar-refractivity contribution is 7.89. The second kappa shape index (κ2) is 10.3. The number of hydrazone groups is 1. The van der Waals surface area contributed by atoms with E-state index in [1.165, 1.54) is 19.3 Å². The fourth-order valence-corrected chi connectivity index (χ4v) is 4.46. The number of carbonyl (C=O) groups is 1. The molecule has 8 heteroatoms. The number of rotatable bonds is 8. The fourth-order valence-electron chi connectivity index (χ4n) is 3.29. The van der Waals surface area contributed by atoms with Crippen LogP contribution in [0.5, 0.6) is 11.5 Å². The van der Waals surface area contributed by atoms with Crippen molar-refractivity contribution in [2.45, 2.75) is 4.90 Å². The van der Waals surface area contributed by atoms with Gasteiger partial charge in [-0.15, -0.1) is 0 Å².